The lowest BCUT2D eigenvalue weighted by atomic mass is 10.3. The molecule has 0 saturated carbocycles. The van der Waals surface area contributed by atoms with Crippen LogP contribution in [0.5, 0.6) is 11.5 Å². The first-order chi connectivity index (χ1) is 9.94. The molecule has 2 N–H and O–H groups in total. The SMILES string of the molecule is CCCCNC(=O)NS(=O)(=O)c1ccc(OC)c(OC)c1. The van der Waals surface area contributed by atoms with Gasteiger partial charge in [0.15, 0.2) is 11.5 Å². The van der Waals surface area contributed by atoms with Gasteiger partial charge in [-0.15, -0.1) is 0 Å². The van der Waals surface area contributed by atoms with Gasteiger partial charge in [0.05, 0.1) is 19.1 Å². The molecule has 1 aromatic rings. The van der Waals surface area contributed by atoms with E-state index >= 15 is 0 Å². The summed E-state index contributed by atoms with van der Waals surface area (Å²) in [5.74, 6) is 0.676. The van der Waals surface area contributed by atoms with Crippen molar-refractivity contribution >= 4 is 16.1 Å². The molecule has 21 heavy (non-hydrogen) atoms. The van der Waals surface area contributed by atoms with E-state index in [1.807, 2.05) is 11.6 Å². The van der Waals surface area contributed by atoms with Gasteiger partial charge in [-0.2, -0.15) is 0 Å². The van der Waals surface area contributed by atoms with Gasteiger partial charge < -0.3 is 14.8 Å². The van der Waals surface area contributed by atoms with E-state index in [1.54, 1.807) is 0 Å². The smallest absolute Gasteiger partial charge is 0.328 e. The van der Waals surface area contributed by atoms with Crippen molar-refractivity contribution < 1.29 is 22.7 Å². The number of hydrogen-bond donors (Lipinski definition) is 2. The van der Waals surface area contributed by atoms with E-state index in [1.165, 1.54) is 32.4 Å². The molecule has 2 amide bonds. The van der Waals surface area contributed by atoms with Crippen LogP contribution < -0.4 is 19.5 Å². The molecule has 0 saturated heterocycles. The molecule has 1 rings (SSSR count). The van der Waals surface area contributed by atoms with Crippen molar-refractivity contribution in [3.05, 3.63) is 18.2 Å². The second-order valence-electron chi connectivity index (χ2n) is 4.23. The van der Waals surface area contributed by atoms with E-state index in [0.717, 1.165) is 12.8 Å². The van der Waals surface area contributed by atoms with E-state index in [2.05, 4.69) is 5.32 Å². The average molecular weight is 316 g/mol. The zero-order chi connectivity index (χ0) is 15.9. The molecule has 0 fully saturated rings. The summed E-state index contributed by atoms with van der Waals surface area (Å²) in [6, 6.07) is 3.34. The number of nitrogens with one attached hydrogen (secondary N) is 2. The summed E-state index contributed by atoms with van der Waals surface area (Å²) in [6.45, 7) is 2.39. The highest BCUT2D eigenvalue weighted by Gasteiger charge is 2.19. The zero-order valence-corrected chi connectivity index (χ0v) is 13.1. The van der Waals surface area contributed by atoms with Crippen LogP contribution in [0.1, 0.15) is 19.8 Å². The van der Waals surface area contributed by atoms with Gasteiger partial charge in [-0.1, -0.05) is 13.3 Å². The Morgan fingerprint density at radius 3 is 2.43 bits per heavy atom. The summed E-state index contributed by atoms with van der Waals surface area (Å²) < 4.78 is 36.2. The predicted molar refractivity (Wildman–Crippen MR) is 78.2 cm³/mol. The van der Waals surface area contributed by atoms with Gasteiger partial charge in [0.1, 0.15) is 0 Å². The molecule has 0 aliphatic carbocycles. The number of amides is 2. The van der Waals surface area contributed by atoms with Gasteiger partial charge in [0.25, 0.3) is 10.0 Å². The number of ether oxygens (including phenoxy) is 2. The van der Waals surface area contributed by atoms with Crippen molar-refractivity contribution in [2.45, 2.75) is 24.7 Å². The summed E-state index contributed by atoms with van der Waals surface area (Å²) in [7, 11) is -1.10. The maximum atomic E-state index is 12.1. The Labute approximate surface area is 124 Å². The van der Waals surface area contributed by atoms with Crippen molar-refractivity contribution in [1.29, 1.82) is 0 Å². The first-order valence-corrected chi connectivity index (χ1v) is 7.95. The highest BCUT2D eigenvalue weighted by molar-refractivity contribution is 7.90. The van der Waals surface area contributed by atoms with Crippen LogP contribution in [0.25, 0.3) is 0 Å². The molecule has 8 heteroatoms. The number of sulfonamides is 1. The Hall–Kier alpha value is -1.96. The highest BCUT2D eigenvalue weighted by atomic mass is 32.2. The number of carbonyl (C=O) groups is 1. The number of rotatable bonds is 7. The quantitative estimate of drug-likeness (QED) is 0.743. The number of urea groups is 1. The summed E-state index contributed by atoms with van der Waals surface area (Å²) in [5, 5.41) is 2.48. The average Bonchev–Trinajstić information content (AvgIpc) is 2.46. The zero-order valence-electron chi connectivity index (χ0n) is 12.3. The molecule has 0 radical (unpaired) electrons. The van der Waals surface area contributed by atoms with Gasteiger partial charge >= 0.3 is 6.03 Å². The van der Waals surface area contributed by atoms with Gasteiger partial charge in [0, 0.05) is 12.6 Å². The fourth-order valence-corrected chi connectivity index (χ4v) is 2.52. The number of hydrogen-bond acceptors (Lipinski definition) is 5. The minimum absolute atomic E-state index is 0.0780. The van der Waals surface area contributed by atoms with Crippen LogP contribution in [0.2, 0.25) is 0 Å². The van der Waals surface area contributed by atoms with Crippen LogP contribution in [-0.4, -0.2) is 35.2 Å². The Balaban J connectivity index is 2.85. The van der Waals surface area contributed by atoms with Crippen molar-refractivity contribution in [2.75, 3.05) is 20.8 Å². The standard InChI is InChI=1S/C13H20N2O5S/c1-4-5-8-14-13(16)15-21(17,18)10-6-7-11(19-2)12(9-10)20-3/h6-7,9H,4-5,8H2,1-3H3,(H2,14,15,16). The minimum Gasteiger partial charge on any atom is -0.493 e. The first kappa shape index (κ1) is 17.1. The molecular weight excluding hydrogens is 296 g/mol. The molecule has 0 aliphatic heterocycles. The Bertz CT molecular complexity index is 586. The van der Waals surface area contributed by atoms with Crippen LogP contribution in [0.4, 0.5) is 4.79 Å². The van der Waals surface area contributed by atoms with Gasteiger partial charge in [-0.05, 0) is 18.6 Å². The summed E-state index contributed by atoms with van der Waals surface area (Å²) >= 11 is 0. The lowest BCUT2D eigenvalue weighted by Gasteiger charge is -2.11. The van der Waals surface area contributed by atoms with Gasteiger partial charge in [-0.25, -0.2) is 17.9 Å². The Kier molecular flexibility index (Phi) is 6.29. The number of methoxy groups -OCH3 is 2. The van der Waals surface area contributed by atoms with Crippen molar-refractivity contribution in [3.8, 4) is 11.5 Å². The summed E-state index contributed by atoms with van der Waals surface area (Å²) in [5.41, 5.74) is 0. The largest absolute Gasteiger partial charge is 0.493 e. The van der Waals surface area contributed by atoms with E-state index in [9.17, 15) is 13.2 Å². The molecule has 0 unspecified atom stereocenters. The molecule has 118 valence electrons. The van der Waals surface area contributed by atoms with E-state index in [4.69, 9.17) is 9.47 Å². The molecule has 1 aromatic carbocycles. The van der Waals surface area contributed by atoms with Crippen LogP contribution >= 0.6 is 0 Å². The highest BCUT2D eigenvalue weighted by Crippen LogP contribution is 2.29. The third-order valence-corrected chi connectivity index (χ3v) is 4.04. The van der Waals surface area contributed by atoms with Crippen molar-refractivity contribution in [1.82, 2.24) is 10.0 Å². The lowest BCUT2D eigenvalue weighted by Crippen LogP contribution is -2.39. The fourth-order valence-electron chi connectivity index (χ4n) is 1.58. The predicted octanol–water partition coefficient (Wildman–Crippen LogP) is 1.49. The van der Waals surface area contributed by atoms with Gasteiger partial charge in [0.2, 0.25) is 0 Å². The number of carbonyl (C=O) groups excluding carboxylic acids is 1. The topological polar surface area (TPSA) is 93.7 Å². The first-order valence-electron chi connectivity index (χ1n) is 6.47. The van der Waals surface area contributed by atoms with E-state index in [-0.39, 0.29) is 10.6 Å². The van der Waals surface area contributed by atoms with Crippen LogP contribution in [0, 0.1) is 0 Å². The lowest BCUT2D eigenvalue weighted by molar-refractivity contribution is 0.245. The van der Waals surface area contributed by atoms with Crippen LogP contribution in [0.3, 0.4) is 0 Å². The molecular formula is C13H20N2O5S. The molecule has 7 nitrogen and oxygen atoms in total. The number of benzene rings is 1. The van der Waals surface area contributed by atoms with Crippen LogP contribution in [0.15, 0.2) is 23.1 Å². The maximum Gasteiger partial charge on any atom is 0.328 e. The maximum absolute atomic E-state index is 12.1. The monoisotopic (exact) mass is 316 g/mol. The molecule has 0 atom stereocenters. The van der Waals surface area contributed by atoms with Gasteiger partial charge in [-0.3, -0.25) is 0 Å². The van der Waals surface area contributed by atoms with E-state index in [0.29, 0.717) is 12.3 Å². The molecule has 0 aromatic heterocycles. The minimum atomic E-state index is -3.95. The summed E-state index contributed by atoms with van der Waals surface area (Å²) in [6.07, 6.45) is 1.69. The number of unbranched alkanes of at least 4 members (excludes halogenated alkanes) is 1. The second-order valence-corrected chi connectivity index (χ2v) is 5.91. The fraction of sp³-hybridized carbons (Fsp3) is 0.462. The summed E-state index contributed by atoms with van der Waals surface area (Å²) in [4.78, 5) is 11.4. The van der Waals surface area contributed by atoms with Crippen molar-refractivity contribution in [3.63, 3.8) is 0 Å². The van der Waals surface area contributed by atoms with E-state index < -0.39 is 16.1 Å². The molecule has 0 aliphatic rings. The molecule has 0 heterocycles. The molecule has 0 bridgehead atoms. The Morgan fingerprint density at radius 1 is 1.19 bits per heavy atom. The van der Waals surface area contributed by atoms with Crippen LogP contribution in [-0.2, 0) is 10.0 Å². The third kappa shape index (κ3) is 4.82. The normalized spacial score (nSPS) is 10.8. The van der Waals surface area contributed by atoms with Crippen molar-refractivity contribution in [2.24, 2.45) is 0 Å². The third-order valence-electron chi connectivity index (χ3n) is 2.71. The second kappa shape index (κ2) is 7.72. The molecule has 0 spiro atoms. The Morgan fingerprint density at radius 2 is 1.86 bits per heavy atom.